The largest absolute Gasteiger partial charge is 0.368 e. The lowest BCUT2D eigenvalue weighted by Gasteiger charge is -2.02. The summed E-state index contributed by atoms with van der Waals surface area (Å²) in [5, 5.41) is 13.2. The van der Waals surface area contributed by atoms with E-state index in [1.54, 1.807) is 18.2 Å². The summed E-state index contributed by atoms with van der Waals surface area (Å²) in [6.45, 7) is 1.75. The van der Waals surface area contributed by atoms with Gasteiger partial charge in [-0.05, 0) is 12.1 Å². The maximum absolute atomic E-state index is 5.96. The smallest absolute Gasteiger partial charge is 0.239 e. The lowest BCUT2D eigenvalue weighted by atomic mass is 10.3. The van der Waals surface area contributed by atoms with E-state index < -0.39 is 0 Å². The molecule has 3 heterocycles. The molecule has 1 aromatic carbocycles. The van der Waals surface area contributed by atoms with Crippen LogP contribution in [0.3, 0.4) is 0 Å². The van der Waals surface area contributed by atoms with Crippen LogP contribution in [-0.4, -0.2) is 49.2 Å². The third-order valence-electron chi connectivity index (χ3n) is 2.99. The van der Waals surface area contributed by atoms with Crippen LogP contribution in [0, 0.1) is 0 Å². The van der Waals surface area contributed by atoms with Crippen molar-refractivity contribution in [3.8, 4) is 0 Å². The Labute approximate surface area is 175 Å². The topological polar surface area (TPSA) is 221 Å². The molecule has 1 saturated heterocycles. The molecule has 1 aliphatic heterocycles. The number of hydrogen-bond acceptors (Lipinski definition) is 10. The Morgan fingerprint density at radius 2 is 1.34 bits per heavy atom. The molecule has 1 aliphatic rings. The number of para-hydroxylation sites is 1. The predicted octanol–water partition coefficient (Wildman–Crippen LogP) is 0.179. The lowest BCUT2D eigenvalue weighted by molar-refractivity contribution is 0.942. The fourth-order valence-electron chi connectivity index (χ4n) is 1.86. The van der Waals surface area contributed by atoms with Crippen LogP contribution in [0.25, 0.3) is 0 Å². The fourth-order valence-corrected chi connectivity index (χ4v) is 2.34. The van der Waals surface area contributed by atoms with E-state index in [-0.39, 0.29) is 23.8 Å². The molecule has 0 radical (unpaired) electrons. The van der Waals surface area contributed by atoms with Gasteiger partial charge in [0.2, 0.25) is 23.8 Å². The molecule has 0 bridgehead atoms. The molecular formula is C14H19Cl2N13. The van der Waals surface area contributed by atoms with E-state index in [0.29, 0.717) is 15.7 Å². The number of benzene rings is 1. The van der Waals surface area contributed by atoms with E-state index in [9.17, 15) is 0 Å². The van der Waals surface area contributed by atoms with Crippen LogP contribution in [0.15, 0.2) is 29.5 Å². The number of nitrogens with zero attached hydrogens (tertiary/aromatic N) is 6. The minimum atomic E-state index is 0.0417. The highest BCUT2D eigenvalue weighted by Gasteiger charge is 2.09. The van der Waals surface area contributed by atoms with Crippen molar-refractivity contribution in [2.45, 2.75) is 0 Å². The van der Waals surface area contributed by atoms with Crippen LogP contribution >= 0.6 is 23.2 Å². The van der Waals surface area contributed by atoms with Crippen molar-refractivity contribution in [1.29, 1.82) is 0 Å². The van der Waals surface area contributed by atoms with E-state index in [0.717, 1.165) is 19.0 Å². The van der Waals surface area contributed by atoms with Gasteiger partial charge in [0.25, 0.3) is 0 Å². The second-order valence-electron chi connectivity index (χ2n) is 5.15. The molecule has 0 atom stereocenters. The number of aromatic amines is 1. The first-order valence-electron chi connectivity index (χ1n) is 7.99. The first-order chi connectivity index (χ1) is 13.8. The molecule has 0 aliphatic carbocycles. The number of hydrogen-bond donors (Lipinski definition) is 7. The molecule has 0 saturated carbocycles. The molecule has 13 nitrogen and oxygen atoms in total. The first-order valence-corrected chi connectivity index (χ1v) is 8.75. The molecule has 154 valence electrons. The maximum Gasteiger partial charge on any atom is 0.239 e. The number of aliphatic imine (C=N–C) groups is 1. The molecular weight excluding hydrogens is 421 g/mol. The highest BCUT2D eigenvalue weighted by atomic mass is 35.5. The van der Waals surface area contributed by atoms with Gasteiger partial charge in [0.15, 0.2) is 5.96 Å². The van der Waals surface area contributed by atoms with Crippen molar-refractivity contribution in [3.05, 3.63) is 34.6 Å². The number of rotatable bonds is 1. The summed E-state index contributed by atoms with van der Waals surface area (Å²) < 4.78 is 0. The average molecular weight is 440 g/mol. The van der Waals surface area contributed by atoms with E-state index in [1.165, 1.54) is 6.33 Å². The van der Waals surface area contributed by atoms with Gasteiger partial charge in [-0.15, -0.1) is 5.10 Å². The summed E-state index contributed by atoms with van der Waals surface area (Å²) in [6.07, 6.45) is 1.43. The molecule has 1 fully saturated rings. The Kier molecular flexibility index (Phi) is 8.00. The predicted molar refractivity (Wildman–Crippen MR) is 113 cm³/mol. The minimum Gasteiger partial charge on any atom is -0.368 e. The molecule has 0 spiro atoms. The SMILES string of the molecule is Clc1cccc(Cl)c1N=C1NCCN1.Nc1nc(N)nc(N)n1.Nc1nc[nH]n1. The van der Waals surface area contributed by atoms with Crippen LogP contribution in [0.5, 0.6) is 0 Å². The van der Waals surface area contributed by atoms with Gasteiger partial charge in [-0.3, -0.25) is 5.10 Å². The second kappa shape index (κ2) is 10.7. The number of anilines is 4. The Hall–Kier alpha value is -3.58. The summed E-state index contributed by atoms with van der Waals surface area (Å²) in [5.74, 6) is 1.13. The van der Waals surface area contributed by atoms with Gasteiger partial charge in [-0.1, -0.05) is 29.3 Å². The number of nitrogen functional groups attached to an aromatic ring is 4. The van der Waals surface area contributed by atoms with Gasteiger partial charge in [-0.2, -0.15) is 15.0 Å². The molecule has 15 heteroatoms. The van der Waals surface area contributed by atoms with Gasteiger partial charge < -0.3 is 33.6 Å². The third kappa shape index (κ3) is 7.51. The van der Waals surface area contributed by atoms with Crippen molar-refractivity contribution in [2.24, 2.45) is 4.99 Å². The van der Waals surface area contributed by atoms with Crippen LogP contribution < -0.4 is 33.6 Å². The highest BCUT2D eigenvalue weighted by molar-refractivity contribution is 6.38. The number of halogens is 2. The zero-order valence-corrected chi connectivity index (χ0v) is 16.5. The van der Waals surface area contributed by atoms with Gasteiger partial charge in [-0.25, -0.2) is 9.98 Å². The summed E-state index contributed by atoms with van der Waals surface area (Å²) >= 11 is 11.9. The van der Waals surface area contributed by atoms with Crippen LogP contribution in [-0.2, 0) is 0 Å². The standard InChI is InChI=1S/C9H9Cl2N3.C3H6N6.C2H4N4/c10-6-2-1-3-7(11)8(6)14-9-12-4-5-13-9;4-1-7-2(5)9-3(6)8-1;3-2-4-1-5-6-2/h1-3H,4-5H2,(H2,12,13,14);(H6,4,5,6,7,8,9);1H,(H3,3,4,5,6). The molecule has 2 aromatic heterocycles. The van der Waals surface area contributed by atoms with Crippen LogP contribution in [0.4, 0.5) is 29.5 Å². The maximum atomic E-state index is 5.96. The number of nitrogens with two attached hydrogens (primary N) is 4. The van der Waals surface area contributed by atoms with Gasteiger partial charge >= 0.3 is 0 Å². The molecule has 0 amide bonds. The normalized spacial score (nSPS) is 11.9. The van der Waals surface area contributed by atoms with Crippen molar-refractivity contribution < 1.29 is 0 Å². The quantitative estimate of drug-likeness (QED) is 0.270. The van der Waals surface area contributed by atoms with Crippen molar-refractivity contribution in [3.63, 3.8) is 0 Å². The second-order valence-corrected chi connectivity index (χ2v) is 5.97. The van der Waals surface area contributed by atoms with E-state index in [2.05, 4.69) is 45.8 Å². The van der Waals surface area contributed by atoms with E-state index >= 15 is 0 Å². The molecule has 4 rings (SSSR count). The Bertz CT molecular complexity index is 866. The van der Waals surface area contributed by atoms with Crippen molar-refractivity contribution >= 4 is 58.6 Å². The minimum absolute atomic E-state index is 0.0417. The number of nitrogens with one attached hydrogen (secondary N) is 3. The Morgan fingerprint density at radius 3 is 1.72 bits per heavy atom. The number of guanidine groups is 1. The fraction of sp³-hybridized carbons (Fsp3) is 0.143. The summed E-state index contributed by atoms with van der Waals surface area (Å²) in [5.41, 5.74) is 21.0. The Balaban J connectivity index is 0.000000171. The van der Waals surface area contributed by atoms with Crippen LogP contribution in [0.1, 0.15) is 0 Å². The summed E-state index contributed by atoms with van der Waals surface area (Å²) in [6, 6.07) is 5.33. The third-order valence-corrected chi connectivity index (χ3v) is 3.60. The van der Waals surface area contributed by atoms with Crippen molar-refractivity contribution in [1.82, 2.24) is 40.8 Å². The molecule has 29 heavy (non-hydrogen) atoms. The Morgan fingerprint density at radius 1 is 0.828 bits per heavy atom. The van der Waals surface area contributed by atoms with E-state index in [4.69, 9.17) is 46.1 Å². The number of aromatic nitrogens is 6. The highest BCUT2D eigenvalue weighted by Crippen LogP contribution is 2.32. The molecule has 0 unspecified atom stereocenters. The van der Waals surface area contributed by atoms with Gasteiger partial charge in [0.05, 0.1) is 10.0 Å². The van der Waals surface area contributed by atoms with E-state index in [1.807, 2.05) is 0 Å². The zero-order chi connectivity index (χ0) is 21.2. The van der Waals surface area contributed by atoms with Gasteiger partial charge in [0, 0.05) is 13.1 Å². The number of H-pyrrole nitrogens is 1. The first kappa shape index (κ1) is 21.7. The van der Waals surface area contributed by atoms with Crippen molar-refractivity contribution in [2.75, 3.05) is 36.0 Å². The van der Waals surface area contributed by atoms with Crippen LogP contribution in [0.2, 0.25) is 10.0 Å². The monoisotopic (exact) mass is 439 g/mol. The summed E-state index contributed by atoms with van der Waals surface area (Å²) in [4.78, 5) is 18.3. The molecule has 11 N–H and O–H groups in total. The molecule has 3 aromatic rings. The zero-order valence-electron chi connectivity index (χ0n) is 15.0. The summed E-state index contributed by atoms with van der Waals surface area (Å²) in [7, 11) is 0. The lowest BCUT2D eigenvalue weighted by Crippen LogP contribution is -2.23. The average Bonchev–Trinajstić information content (AvgIpc) is 3.32. The van der Waals surface area contributed by atoms with Gasteiger partial charge in [0.1, 0.15) is 12.0 Å².